The Hall–Kier alpha value is -4.05. The summed E-state index contributed by atoms with van der Waals surface area (Å²) in [4.78, 5) is 20.8. The predicted molar refractivity (Wildman–Crippen MR) is 107 cm³/mol. The Labute approximate surface area is 175 Å². The second-order valence-corrected chi connectivity index (χ2v) is 6.28. The Morgan fingerprint density at radius 1 is 1.13 bits per heavy atom. The number of methoxy groups -OCH3 is 1. The van der Waals surface area contributed by atoms with Crippen LogP contribution in [-0.2, 0) is 0 Å². The van der Waals surface area contributed by atoms with Crippen molar-refractivity contribution in [3.8, 4) is 23.2 Å². The van der Waals surface area contributed by atoms with Crippen LogP contribution in [0.5, 0.6) is 17.5 Å². The number of tetrazole rings is 1. The molecule has 0 unspecified atom stereocenters. The fourth-order valence-electron chi connectivity index (χ4n) is 2.58. The van der Waals surface area contributed by atoms with Crippen molar-refractivity contribution in [2.75, 3.05) is 12.4 Å². The standard InChI is InChI=1S/C19H14ClN7O3/c1-29-17-10-16(27-11-23-25-26-27)15(20)9-14(17)18(28)24-12-3-5-13(6-4-12)30-19-21-7-2-8-22-19/h2-11H,1H3,(H,24,28). The molecule has 0 radical (unpaired) electrons. The van der Waals surface area contributed by atoms with Gasteiger partial charge in [0, 0.05) is 24.1 Å². The van der Waals surface area contributed by atoms with Crippen molar-refractivity contribution >= 4 is 23.2 Å². The average Bonchev–Trinajstić information content (AvgIpc) is 3.30. The molecule has 2 heterocycles. The summed E-state index contributed by atoms with van der Waals surface area (Å²) < 4.78 is 12.3. The number of nitrogens with zero attached hydrogens (tertiary/aromatic N) is 6. The van der Waals surface area contributed by atoms with Gasteiger partial charge in [-0.2, -0.15) is 4.68 Å². The smallest absolute Gasteiger partial charge is 0.321 e. The average molecular weight is 424 g/mol. The van der Waals surface area contributed by atoms with E-state index < -0.39 is 5.91 Å². The van der Waals surface area contributed by atoms with Gasteiger partial charge in [-0.1, -0.05) is 11.6 Å². The number of hydrogen-bond donors (Lipinski definition) is 1. The molecular weight excluding hydrogens is 410 g/mol. The number of carbonyl (C=O) groups excluding carboxylic acids is 1. The van der Waals surface area contributed by atoms with Crippen LogP contribution in [0.1, 0.15) is 10.4 Å². The number of rotatable bonds is 6. The van der Waals surface area contributed by atoms with Gasteiger partial charge in [-0.25, -0.2) is 9.97 Å². The first-order valence-electron chi connectivity index (χ1n) is 8.61. The van der Waals surface area contributed by atoms with Crippen molar-refractivity contribution in [3.63, 3.8) is 0 Å². The molecule has 0 spiro atoms. The molecule has 11 heteroatoms. The second kappa shape index (κ2) is 8.53. The summed E-state index contributed by atoms with van der Waals surface area (Å²) >= 11 is 6.31. The molecule has 0 aliphatic rings. The SMILES string of the molecule is COc1cc(-n2cnnn2)c(Cl)cc1C(=O)Nc1ccc(Oc2ncccn2)cc1. The van der Waals surface area contributed by atoms with Crippen LogP contribution in [0.25, 0.3) is 5.69 Å². The van der Waals surface area contributed by atoms with Gasteiger partial charge in [0.25, 0.3) is 5.91 Å². The molecule has 0 fully saturated rings. The van der Waals surface area contributed by atoms with Crippen molar-refractivity contribution < 1.29 is 14.3 Å². The highest BCUT2D eigenvalue weighted by molar-refractivity contribution is 6.33. The molecule has 0 bridgehead atoms. The van der Waals surface area contributed by atoms with Crippen LogP contribution in [0.4, 0.5) is 5.69 Å². The van der Waals surface area contributed by atoms with Crippen molar-refractivity contribution in [3.05, 3.63) is 71.8 Å². The lowest BCUT2D eigenvalue weighted by Gasteiger charge is -2.13. The highest BCUT2D eigenvalue weighted by Crippen LogP contribution is 2.30. The molecule has 0 aliphatic carbocycles. The van der Waals surface area contributed by atoms with E-state index in [9.17, 15) is 4.79 Å². The molecular formula is C19H14ClN7O3. The lowest BCUT2D eigenvalue weighted by atomic mass is 10.1. The number of benzene rings is 2. The lowest BCUT2D eigenvalue weighted by molar-refractivity contribution is 0.102. The Bertz CT molecular complexity index is 1150. The van der Waals surface area contributed by atoms with Gasteiger partial charge in [-0.05, 0) is 46.8 Å². The fourth-order valence-corrected chi connectivity index (χ4v) is 2.83. The second-order valence-electron chi connectivity index (χ2n) is 5.87. The minimum atomic E-state index is -0.392. The number of aromatic nitrogens is 6. The Kier molecular flexibility index (Phi) is 5.48. The van der Waals surface area contributed by atoms with E-state index in [0.717, 1.165) is 0 Å². The van der Waals surface area contributed by atoms with E-state index in [1.54, 1.807) is 48.8 Å². The van der Waals surface area contributed by atoms with Crippen LogP contribution < -0.4 is 14.8 Å². The zero-order valence-electron chi connectivity index (χ0n) is 15.6. The number of amides is 1. The van der Waals surface area contributed by atoms with E-state index in [1.807, 2.05) is 0 Å². The minimum Gasteiger partial charge on any atom is -0.496 e. The van der Waals surface area contributed by atoms with E-state index in [2.05, 4.69) is 30.8 Å². The molecule has 0 saturated carbocycles. The monoisotopic (exact) mass is 423 g/mol. The van der Waals surface area contributed by atoms with Gasteiger partial charge in [0.15, 0.2) is 0 Å². The highest BCUT2D eigenvalue weighted by Gasteiger charge is 2.17. The Balaban J connectivity index is 1.51. The van der Waals surface area contributed by atoms with Crippen molar-refractivity contribution in [2.45, 2.75) is 0 Å². The van der Waals surface area contributed by atoms with Crippen LogP contribution in [0.3, 0.4) is 0 Å². The summed E-state index contributed by atoms with van der Waals surface area (Å²) in [6, 6.07) is 11.8. The number of anilines is 1. The molecule has 10 nitrogen and oxygen atoms in total. The largest absolute Gasteiger partial charge is 0.496 e. The maximum Gasteiger partial charge on any atom is 0.321 e. The van der Waals surface area contributed by atoms with Gasteiger partial charge in [0.2, 0.25) is 0 Å². The van der Waals surface area contributed by atoms with Crippen LogP contribution in [0.15, 0.2) is 61.2 Å². The maximum atomic E-state index is 12.8. The zero-order valence-corrected chi connectivity index (χ0v) is 16.3. The zero-order chi connectivity index (χ0) is 20.9. The molecule has 4 aromatic rings. The number of carbonyl (C=O) groups is 1. The number of hydrogen-bond acceptors (Lipinski definition) is 8. The first-order valence-corrected chi connectivity index (χ1v) is 8.99. The first kappa shape index (κ1) is 19.3. The van der Waals surface area contributed by atoms with Gasteiger partial charge in [0.05, 0.1) is 23.4 Å². The number of nitrogens with one attached hydrogen (secondary N) is 1. The van der Waals surface area contributed by atoms with E-state index in [1.165, 1.54) is 24.2 Å². The third-order valence-electron chi connectivity index (χ3n) is 3.97. The van der Waals surface area contributed by atoms with Gasteiger partial charge < -0.3 is 14.8 Å². The molecule has 0 atom stereocenters. The minimum absolute atomic E-state index is 0.233. The molecule has 2 aromatic carbocycles. The molecule has 1 amide bonds. The van der Waals surface area contributed by atoms with Crippen LogP contribution in [-0.4, -0.2) is 43.2 Å². The third kappa shape index (κ3) is 4.18. The summed E-state index contributed by atoms with van der Waals surface area (Å²) in [6.07, 6.45) is 4.56. The van der Waals surface area contributed by atoms with E-state index >= 15 is 0 Å². The first-order chi connectivity index (χ1) is 14.6. The molecule has 1 N–H and O–H groups in total. The van der Waals surface area contributed by atoms with Gasteiger partial charge in [-0.15, -0.1) is 5.10 Å². The normalized spacial score (nSPS) is 10.5. The number of ether oxygens (including phenoxy) is 2. The summed E-state index contributed by atoms with van der Waals surface area (Å²) in [7, 11) is 1.46. The van der Waals surface area contributed by atoms with E-state index in [-0.39, 0.29) is 11.6 Å². The molecule has 2 aromatic heterocycles. The molecule has 0 aliphatic heterocycles. The van der Waals surface area contributed by atoms with Gasteiger partial charge in [0.1, 0.15) is 17.8 Å². The van der Waals surface area contributed by atoms with Crippen LogP contribution >= 0.6 is 11.6 Å². The maximum absolute atomic E-state index is 12.8. The Morgan fingerprint density at radius 3 is 2.57 bits per heavy atom. The summed E-state index contributed by atoms with van der Waals surface area (Å²) in [5.74, 6) is 0.464. The molecule has 30 heavy (non-hydrogen) atoms. The lowest BCUT2D eigenvalue weighted by Crippen LogP contribution is -2.14. The van der Waals surface area contributed by atoms with Crippen LogP contribution in [0.2, 0.25) is 5.02 Å². The molecule has 4 rings (SSSR count). The summed E-state index contributed by atoms with van der Waals surface area (Å²) in [5.41, 5.74) is 1.31. The van der Waals surface area contributed by atoms with E-state index in [0.29, 0.717) is 27.9 Å². The van der Waals surface area contributed by atoms with E-state index in [4.69, 9.17) is 21.1 Å². The van der Waals surface area contributed by atoms with Crippen molar-refractivity contribution in [1.82, 2.24) is 30.2 Å². The summed E-state index contributed by atoms with van der Waals surface area (Å²) in [6.45, 7) is 0. The predicted octanol–water partition coefficient (Wildman–Crippen LogP) is 3.16. The molecule has 150 valence electrons. The fraction of sp³-hybridized carbons (Fsp3) is 0.0526. The highest BCUT2D eigenvalue weighted by atomic mass is 35.5. The summed E-state index contributed by atoms with van der Waals surface area (Å²) in [5, 5.41) is 14.0. The third-order valence-corrected chi connectivity index (χ3v) is 4.28. The molecule has 0 saturated heterocycles. The van der Waals surface area contributed by atoms with Crippen molar-refractivity contribution in [2.24, 2.45) is 0 Å². The number of halogens is 1. The van der Waals surface area contributed by atoms with Crippen LogP contribution in [0, 0.1) is 0 Å². The quantitative estimate of drug-likeness (QED) is 0.502. The van der Waals surface area contributed by atoms with Gasteiger partial charge >= 0.3 is 6.01 Å². The van der Waals surface area contributed by atoms with Crippen molar-refractivity contribution in [1.29, 1.82) is 0 Å². The topological polar surface area (TPSA) is 117 Å². The Morgan fingerprint density at radius 2 is 1.90 bits per heavy atom. The van der Waals surface area contributed by atoms with Gasteiger partial charge in [-0.3, -0.25) is 4.79 Å².